The summed E-state index contributed by atoms with van der Waals surface area (Å²) in [5, 5.41) is 9.54. The lowest BCUT2D eigenvalue weighted by molar-refractivity contribution is 0.102. The number of phenols is 1. The summed E-state index contributed by atoms with van der Waals surface area (Å²) in [4.78, 5) is 8.79. The maximum atomic E-state index is 10.7. The molecule has 0 amide bonds. The SMILES string of the molecule is CC(C)(O[PH](=O)O)c1cc(Br)c(O)c(Br)c1. The maximum Gasteiger partial charge on any atom is 0.317 e. The largest absolute Gasteiger partial charge is 0.506 e. The molecule has 0 aliphatic carbocycles. The highest BCUT2D eigenvalue weighted by Crippen LogP contribution is 2.40. The molecule has 2 N–H and O–H groups in total. The fourth-order valence-corrected chi connectivity index (χ4v) is 2.93. The second-order valence-corrected chi connectivity index (χ2v) is 6.11. The van der Waals surface area contributed by atoms with Gasteiger partial charge in [0.05, 0.1) is 14.5 Å². The number of phenolic OH excluding ortho intramolecular Hbond substituents is 1. The van der Waals surface area contributed by atoms with Crippen molar-refractivity contribution in [2.45, 2.75) is 19.4 Å². The van der Waals surface area contributed by atoms with Gasteiger partial charge in [-0.15, -0.1) is 0 Å². The summed E-state index contributed by atoms with van der Waals surface area (Å²) in [5.74, 6) is 0.0798. The number of benzene rings is 1. The molecule has 0 spiro atoms. The van der Waals surface area contributed by atoms with Crippen molar-refractivity contribution >= 4 is 40.1 Å². The Morgan fingerprint density at radius 3 is 2.12 bits per heavy atom. The van der Waals surface area contributed by atoms with Gasteiger partial charge in [0.1, 0.15) is 5.75 Å². The first-order chi connectivity index (χ1) is 7.24. The Hall–Kier alpha value is 0.130. The highest BCUT2D eigenvalue weighted by molar-refractivity contribution is 9.11. The fraction of sp³-hybridized carbons (Fsp3) is 0.333. The predicted octanol–water partition coefficient (Wildman–Crippen LogP) is 3.55. The first kappa shape index (κ1) is 14.2. The Balaban J connectivity index is 3.18. The molecule has 0 bridgehead atoms. The lowest BCUT2D eigenvalue weighted by Crippen LogP contribution is -2.18. The van der Waals surface area contributed by atoms with Gasteiger partial charge < -0.3 is 10.00 Å². The van der Waals surface area contributed by atoms with Crippen LogP contribution in [0.15, 0.2) is 21.1 Å². The molecular weight excluding hydrogens is 363 g/mol. The third-order valence-electron chi connectivity index (χ3n) is 2.05. The van der Waals surface area contributed by atoms with Crippen molar-refractivity contribution in [3.8, 4) is 5.75 Å². The number of hydrogen-bond acceptors (Lipinski definition) is 3. The summed E-state index contributed by atoms with van der Waals surface area (Å²) in [6.45, 7) is 3.36. The molecule has 1 unspecified atom stereocenters. The first-order valence-electron chi connectivity index (χ1n) is 4.34. The van der Waals surface area contributed by atoms with Crippen molar-refractivity contribution in [1.29, 1.82) is 0 Å². The number of aromatic hydroxyl groups is 1. The Morgan fingerprint density at radius 1 is 1.31 bits per heavy atom. The predicted molar refractivity (Wildman–Crippen MR) is 68.8 cm³/mol. The summed E-state index contributed by atoms with van der Waals surface area (Å²) in [7, 11) is -3.02. The molecule has 1 aromatic carbocycles. The van der Waals surface area contributed by atoms with Crippen molar-refractivity contribution < 1.29 is 19.1 Å². The standard InChI is InChI=1S/C9H11Br2O4P/c1-9(2,15-16(13)14)5-3-6(10)8(12)7(11)4-5/h3-4,12,16H,1-2H3,(H,13,14). The second-order valence-electron chi connectivity index (χ2n) is 3.67. The van der Waals surface area contributed by atoms with Crippen molar-refractivity contribution in [1.82, 2.24) is 0 Å². The molecule has 0 aliphatic rings. The molecule has 0 aliphatic heterocycles. The van der Waals surface area contributed by atoms with Gasteiger partial charge in [0.25, 0.3) is 0 Å². The summed E-state index contributed by atoms with van der Waals surface area (Å²) < 4.78 is 16.7. The highest BCUT2D eigenvalue weighted by atomic mass is 79.9. The molecule has 90 valence electrons. The zero-order valence-electron chi connectivity index (χ0n) is 8.62. The molecule has 16 heavy (non-hydrogen) atoms. The molecule has 7 heteroatoms. The van der Waals surface area contributed by atoms with E-state index in [0.29, 0.717) is 14.5 Å². The molecule has 1 rings (SSSR count). The lowest BCUT2D eigenvalue weighted by atomic mass is 9.99. The third-order valence-corrected chi connectivity index (χ3v) is 3.95. The quantitative estimate of drug-likeness (QED) is 0.795. The normalized spacial score (nSPS) is 13.8. The third kappa shape index (κ3) is 3.31. The minimum Gasteiger partial charge on any atom is -0.506 e. The Morgan fingerprint density at radius 2 is 1.75 bits per heavy atom. The molecule has 0 saturated heterocycles. The van der Waals surface area contributed by atoms with Crippen molar-refractivity contribution in [2.24, 2.45) is 0 Å². The Bertz CT molecular complexity index is 411. The van der Waals surface area contributed by atoms with E-state index in [1.165, 1.54) is 0 Å². The molecule has 1 atom stereocenters. The summed E-state index contributed by atoms with van der Waals surface area (Å²) in [6, 6.07) is 3.29. The van der Waals surface area contributed by atoms with E-state index in [4.69, 9.17) is 9.42 Å². The summed E-state index contributed by atoms with van der Waals surface area (Å²) >= 11 is 6.38. The van der Waals surface area contributed by atoms with Crippen LogP contribution in [0.3, 0.4) is 0 Å². The van der Waals surface area contributed by atoms with Gasteiger partial charge >= 0.3 is 8.25 Å². The lowest BCUT2D eigenvalue weighted by Gasteiger charge is -2.24. The van der Waals surface area contributed by atoms with E-state index in [-0.39, 0.29) is 5.75 Å². The molecule has 1 aromatic rings. The van der Waals surface area contributed by atoms with Gasteiger partial charge in [-0.25, -0.2) is 0 Å². The Kier molecular flexibility index (Phi) is 4.60. The molecule has 0 fully saturated rings. The second kappa shape index (κ2) is 5.19. The van der Waals surface area contributed by atoms with Gasteiger partial charge in [-0.1, -0.05) is 0 Å². The van der Waals surface area contributed by atoms with E-state index in [9.17, 15) is 9.67 Å². The van der Waals surface area contributed by atoms with Crippen LogP contribution in [0.2, 0.25) is 0 Å². The molecule has 4 nitrogen and oxygen atoms in total. The van der Waals surface area contributed by atoms with Crippen LogP contribution in [0.25, 0.3) is 0 Å². The number of rotatable bonds is 3. The first-order valence-corrected chi connectivity index (χ1v) is 7.19. The van der Waals surface area contributed by atoms with Crippen LogP contribution in [0.1, 0.15) is 19.4 Å². The Labute approximate surface area is 111 Å². The minimum absolute atomic E-state index is 0.0798. The highest BCUT2D eigenvalue weighted by Gasteiger charge is 2.25. The molecule has 0 aromatic heterocycles. The van der Waals surface area contributed by atoms with Gasteiger partial charge in [-0.2, -0.15) is 0 Å². The van der Waals surface area contributed by atoms with Crippen LogP contribution in [-0.2, 0) is 14.7 Å². The molecule has 0 radical (unpaired) electrons. The van der Waals surface area contributed by atoms with E-state index in [1.54, 1.807) is 26.0 Å². The van der Waals surface area contributed by atoms with Crippen molar-refractivity contribution in [3.63, 3.8) is 0 Å². The zero-order chi connectivity index (χ0) is 12.5. The van der Waals surface area contributed by atoms with Crippen LogP contribution in [0.5, 0.6) is 5.75 Å². The van der Waals surface area contributed by atoms with Crippen LogP contribution in [0.4, 0.5) is 0 Å². The van der Waals surface area contributed by atoms with Crippen LogP contribution < -0.4 is 0 Å². The van der Waals surface area contributed by atoms with Gasteiger partial charge in [0, 0.05) is 0 Å². The average molecular weight is 374 g/mol. The fourth-order valence-electron chi connectivity index (χ4n) is 1.19. The smallest absolute Gasteiger partial charge is 0.317 e. The van der Waals surface area contributed by atoms with Crippen LogP contribution >= 0.6 is 40.1 Å². The van der Waals surface area contributed by atoms with Crippen molar-refractivity contribution in [2.75, 3.05) is 0 Å². The van der Waals surface area contributed by atoms with E-state index in [2.05, 4.69) is 31.9 Å². The topological polar surface area (TPSA) is 66.8 Å². The van der Waals surface area contributed by atoms with Crippen LogP contribution in [0, 0.1) is 0 Å². The van der Waals surface area contributed by atoms with E-state index in [0.717, 1.165) is 0 Å². The van der Waals surface area contributed by atoms with Crippen LogP contribution in [-0.4, -0.2) is 10.00 Å². The van der Waals surface area contributed by atoms with Gasteiger partial charge in [-0.3, -0.25) is 9.09 Å². The van der Waals surface area contributed by atoms with Gasteiger partial charge in [-0.05, 0) is 63.4 Å². The molecular formula is C9H11Br2O4P. The molecule has 0 saturated carbocycles. The summed E-state index contributed by atoms with van der Waals surface area (Å²) in [6.07, 6.45) is 0. The van der Waals surface area contributed by atoms with E-state index >= 15 is 0 Å². The van der Waals surface area contributed by atoms with E-state index < -0.39 is 13.9 Å². The maximum absolute atomic E-state index is 10.7. The zero-order valence-corrected chi connectivity index (χ0v) is 12.8. The number of hydrogen-bond donors (Lipinski definition) is 2. The number of halogens is 2. The van der Waals surface area contributed by atoms with Gasteiger partial charge in [0.2, 0.25) is 0 Å². The minimum atomic E-state index is -3.02. The van der Waals surface area contributed by atoms with E-state index in [1.807, 2.05) is 0 Å². The van der Waals surface area contributed by atoms with Gasteiger partial charge in [0.15, 0.2) is 0 Å². The van der Waals surface area contributed by atoms with Crippen molar-refractivity contribution in [3.05, 3.63) is 26.6 Å². The molecule has 0 heterocycles. The monoisotopic (exact) mass is 372 g/mol. The average Bonchev–Trinajstić information content (AvgIpc) is 2.11. The summed E-state index contributed by atoms with van der Waals surface area (Å²) in [5.41, 5.74) is -0.222.